The summed E-state index contributed by atoms with van der Waals surface area (Å²) in [5, 5.41) is 7.34. The standard InChI is InChI=1S/C52H35N3/c1-4-18-39(19-5-1)53(40-20-6-2-7-21-40)42-30-32-50-47(35-42)52-51(46-26-14-15-27-48(46)54(52)41-22-8-3-9-23-41)55(50)49-33-31-43(44-24-12-13-25-45(44)49)38-29-28-36-16-10-11-17-37(36)34-38/h1-35H. The van der Waals surface area contributed by atoms with Crippen LogP contribution in [-0.2, 0) is 0 Å². The van der Waals surface area contributed by atoms with Crippen LogP contribution >= 0.6 is 0 Å². The monoisotopic (exact) mass is 701 g/mol. The summed E-state index contributed by atoms with van der Waals surface area (Å²) in [4.78, 5) is 2.35. The molecule has 0 saturated carbocycles. The van der Waals surface area contributed by atoms with Gasteiger partial charge in [0.2, 0.25) is 0 Å². The van der Waals surface area contributed by atoms with E-state index >= 15 is 0 Å². The molecule has 0 aliphatic rings. The van der Waals surface area contributed by atoms with Gasteiger partial charge in [0.25, 0.3) is 0 Å². The molecular formula is C52H35N3. The lowest BCUT2D eigenvalue weighted by Gasteiger charge is -2.25. The van der Waals surface area contributed by atoms with Gasteiger partial charge < -0.3 is 14.0 Å². The van der Waals surface area contributed by atoms with Gasteiger partial charge in [0, 0.05) is 38.9 Å². The van der Waals surface area contributed by atoms with E-state index in [-0.39, 0.29) is 0 Å². The smallest absolute Gasteiger partial charge is 0.0804 e. The second kappa shape index (κ2) is 12.6. The maximum Gasteiger partial charge on any atom is 0.0804 e. The molecule has 0 unspecified atom stereocenters. The van der Waals surface area contributed by atoms with Crippen molar-refractivity contribution in [3.05, 3.63) is 212 Å². The number of fused-ring (bicyclic) bond motifs is 7. The Morgan fingerprint density at radius 1 is 0.327 bits per heavy atom. The number of rotatable bonds is 6. The van der Waals surface area contributed by atoms with E-state index < -0.39 is 0 Å². The van der Waals surface area contributed by atoms with Crippen molar-refractivity contribution in [2.75, 3.05) is 4.90 Å². The van der Waals surface area contributed by atoms with Gasteiger partial charge in [0.15, 0.2) is 0 Å². The van der Waals surface area contributed by atoms with Crippen LogP contribution in [0.5, 0.6) is 0 Å². The zero-order valence-corrected chi connectivity index (χ0v) is 30.0. The van der Waals surface area contributed by atoms with Crippen molar-refractivity contribution in [2.45, 2.75) is 0 Å². The first-order valence-corrected chi connectivity index (χ1v) is 18.9. The summed E-state index contributed by atoms with van der Waals surface area (Å²) in [6, 6.07) is 76.9. The van der Waals surface area contributed by atoms with E-state index in [1.807, 2.05) is 0 Å². The van der Waals surface area contributed by atoms with Gasteiger partial charge in [-0.2, -0.15) is 0 Å². The second-order valence-corrected chi connectivity index (χ2v) is 14.2. The van der Waals surface area contributed by atoms with Crippen LogP contribution in [0.1, 0.15) is 0 Å². The molecule has 3 nitrogen and oxygen atoms in total. The number of para-hydroxylation sites is 4. The van der Waals surface area contributed by atoms with Crippen molar-refractivity contribution < 1.29 is 0 Å². The van der Waals surface area contributed by atoms with Crippen LogP contribution in [0.4, 0.5) is 17.1 Å². The fourth-order valence-corrected chi connectivity index (χ4v) is 8.65. The van der Waals surface area contributed by atoms with Gasteiger partial charge in [-0.15, -0.1) is 0 Å². The van der Waals surface area contributed by atoms with Gasteiger partial charge in [-0.1, -0.05) is 140 Å². The topological polar surface area (TPSA) is 13.1 Å². The summed E-state index contributed by atoms with van der Waals surface area (Å²) in [6.07, 6.45) is 0. The Balaban J connectivity index is 1.24. The van der Waals surface area contributed by atoms with Crippen LogP contribution in [-0.4, -0.2) is 9.13 Å². The van der Waals surface area contributed by atoms with Crippen molar-refractivity contribution in [3.63, 3.8) is 0 Å². The lowest BCUT2D eigenvalue weighted by Crippen LogP contribution is -2.09. The molecule has 55 heavy (non-hydrogen) atoms. The molecule has 0 atom stereocenters. The molecule has 11 aromatic rings. The summed E-state index contributed by atoms with van der Waals surface area (Å²) >= 11 is 0. The molecule has 0 bridgehead atoms. The van der Waals surface area contributed by atoms with Crippen molar-refractivity contribution >= 4 is 71.4 Å². The maximum atomic E-state index is 2.51. The van der Waals surface area contributed by atoms with Crippen molar-refractivity contribution in [1.29, 1.82) is 0 Å². The van der Waals surface area contributed by atoms with Crippen LogP contribution in [0.3, 0.4) is 0 Å². The Hall–Kier alpha value is -7.36. The van der Waals surface area contributed by atoms with Gasteiger partial charge in [-0.05, 0) is 100 Å². The fourth-order valence-electron chi connectivity index (χ4n) is 8.65. The number of aromatic nitrogens is 2. The molecular weight excluding hydrogens is 667 g/mol. The van der Waals surface area contributed by atoms with Gasteiger partial charge >= 0.3 is 0 Å². The summed E-state index contributed by atoms with van der Waals surface area (Å²) in [5.41, 5.74) is 12.8. The minimum absolute atomic E-state index is 1.10. The molecule has 258 valence electrons. The summed E-state index contributed by atoms with van der Waals surface area (Å²) in [6.45, 7) is 0. The molecule has 3 heteroatoms. The molecule has 0 aliphatic heterocycles. The SMILES string of the molecule is c1ccc(N(c2ccccc2)c2ccc3c(c2)c2c(c4ccccc4n2-c2ccccc2)n3-c2ccc(-c3ccc4ccccc4c3)c3ccccc23)cc1. The van der Waals surface area contributed by atoms with Gasteiger partial charge in [-0.3, -0.25) is 0 Å². The van der Waals surface area contributed by atoms with Crippen molar-refractivity contribution in [2.24, 2.45) is 0 Å². The zero-order chi connectivity index (χ0) is 36.3. The maximum absolute atomic E-state index is 2.51. The Morgan fingerprint density at radius 2 is 0.909 bits per heavy atom. The third-order valence-corrected chi connectivity index (χ3v) is 11.1. The van der Waals surface area contributed by atoms with E-state index in [1.165, 1.54) is 60.0 Å². The molecule has 9 aromatic carbocycles. The van der Waals surface area contributed by atoms with Gasteiger partial charge in [-0.25, -0.2) is 0 Å². The molecule has 2 aromatic heterocycles. The van der Waals surface area contributed by atoms with E-state index in [4.69, 9.17) is 0 Å². The molecule has 0 amide bonds. The van der Waals surface area contributed by atoms with Crippen LogP contribution in [0, 0.1) is 0 Å². The highest BCUT2D eigenvalue weighted by molar-refractivity contribution is 6.21. The molecule has 0 spiro atoms. The fraction of sp³-hybridized carbons (Fsp3) is 0. The Morgan fingerprint density at radius 3 is 1.65 bits per heavy atom. The third kappa shape index (κ3) is 4.98. The van der Waals surface area contributed by atoms with Crippen LogP contribution in [0.25, 0.3) is 76.9 Å². The first kappa shape index (κ1) is 31.2. The van der Waals surface area contributed by atoms with Crippen LogP contribution < -0.4 is 4.90 Å². The van der Waals surface area contributed by atoms with E-state index in [0.717, 1.165) is 34.0 Å². The first-order chi connectivity index (χ1) is 27.3. The van der Waals surface area contributed by atoms with Gasteiger partial charge in [0.05, 0.1) is 27.8 Å². The first-order valence-electron chi connectivity index (χ1n) is 18.9. The van der Waals surface area contributed by atoms with E-state index in [2.05, 4.69) is 226 Å². The number of hydrogen-bond acceptors (Lipinski definition) is 1. The molecule has 0 aliphatic carbocycles. The van der Waals surface area contributed by atoms with Crippen LogP contribution in [0.15, 0.2) is 212 Å². The molecule has 0 N–H and O–H groups in total. The second-order valence-electron chi connectivity index (χ2n) is 14.2. The third-order valence-electron chi connectivity index (χ3n) is 11.1. The van der Waals surface area contributed by atoms with Crippen molar-refractivity contribution in [1.82, 2.24) is 9.13 Å². The van der Waals surface area contributed by atoms with Crippen molar-refractivity contribution in [3.8, 4) is 22.5 Å². The average Bonchev–Trinajstić information content (AvgIpc) is 3.77. The number of hydrogen-bond donors (Lipinski definition) is 0. The normalized spacial score (nSPS) is 11.6. The highest BCUT2D eigenvalue weighted by Gasteiger charge is 2.24. The lowest BCUT2D eigenvalue weighted by molar-refractivity contribution is 1.18. The Bertz CT molecular complexity index is 3150. The minimum Gasteiger partial charge on any atom is -0.310 e. The largest absolute Gasteiger partial charge is 0.310 e. The zero-order valence-electron chi connectivity index (χ0n) is 30.0. The average molecular weight is 702 g/mol. The highest BCUT2D eigenvalue weighted by Crippen LogP contribution is 2.45. The number of benzene rings is 9. The van der Waals surface area contributed by atoms with Crippen LogP contribution in [0.2, 0.25) is 0 Å². The lowest BCUT2D eigenvalue weighted by atomic mass is 9.95. The molecule has 0 radical (unpaired) electrons. The predicted octanol–water partition coefficient (Wildman–Crippen LogP) is 14.2. The van der Waals surface area contributed by atoms with E-state index in [1.54, 1.807) is 0 Å². The van der Waals surface area contributed by atoms with E-state index in [9.17, 15) is 0 Å². The summed E-state index contributed by atoms with van der Waals surface area (Å²) in [5.74, 6) is 0. The highest BCUT2D eigenvalue weighted by atomic mass is 15.1. The molecule has 2 heterocycles. The Labute approximate surface area is 319 Å². The molecule has 11 rings (SSSR count). The summed E-state index contributed by atoms with van der Waals surface area (Å²) in [7, 11) is 0. The van der Waals surface area contributed by atoms with Gasteiger partial charge in [0.1, 0.15) is 0 Å². The Kier molecular flexibility index (Phi) is 7.17. The molecule has 0 fully saturated rings. The molecule has 0 saturated heterocycles. The van der Waals surface area contributed by atoms with E-state index in [0.29, 0.717) is 0 Å². The number of anilines is 3. The quantitative estimate of drug-likeness (QED) is 0.168. The summed E-state index contributed by atoms with van der Waals surface area (Å²) < 4.78 is 4.96. The minimum atomic E-state index is 1.10. The number of nitrogens with zero attached hydrogens (tertiary/aromatic N) is 3. The predicted molar refractivity (Wildman–Crippen MR) is 233 cm³/mol.